The monoisotopic (exact) mass is 257 g/mol. The Hall–Kier alpha value is -2.20. The van der Waals surface area contributed by atoms with Gasteiger partial charge in [0, 0.05) is 28.5 Å². The highest BCUT2D eigenvalue weighted by atomic mass is 35.5. The average molecular weight is 258 g/mol. The topological polar surface area (TPSA) is 51.8 Å². The number of nitrogens with zero attached hydrogens (tertiary/aromatic N) is 3. The van der Waals surface area contributed by atoms with Crippen LogP contribution in [0.2, 0.25) is 5.02 Å². The van der Waals surface area contributed by atoms with E-state index in [0.29, 0.717) is 16.8 Å². The van der Waals surface area contributed by atoms with Crippen molar-refractivity contribution in [1.82, 2.24) is 15.2 Å². The van der Waals surface area contributed by atoms with Gasteiger partial charge in [-0.05, 0) is 36.4 Å². The molecule has 2 aromatic heterocycles. The molecule has 0 atom stereocenters. The van der Waals surface area contributed by atoms with Crippen LogP contribution in [0.4, 0.5) is 0 Å². The molecule has 0 aliphatic rings. The second-order valence-electron chi connectivity index (χ2n) is 3.66. The molecule has 0 unspecified atom stereocenters. The maximum Gasteiger partial charge on any atom is 0.248 e. The van der Waals surface area contributed by atoms with Crippen molar-refractivity contribution in [2.24, 2.45) is 0 Å². The number of pyridine rings is 1. The Morgan fingerprint density at radius 2 is 1.33 bits per heavy atom. The zero-order valence-corrected chi connectivity index (χ0v) is 10.0. The molecule has 0 aliphatic carbocycles. The SMILES string of the molecule is Clc1ccc(-c2nnc(-c3ccncc3)o2)cc1. The molecule has 2 heterocycles. The van der Waals surface area contributed by atoms with E-state index in [0.717, 1.165) is 11.1 Å². The van der Waals surface area contributed by atoms with Crippen LogP contribution in [0, 0.1) is 0 Å². The Labute approximate surface area is 108 Å². The van der Waals surface area contributed by atoms with Gasteiger partial charge in [-0.2, -0.15) is 0 Å². The second-order valence-corrected chi connectivity index (χ2v) is 4.09. The molecule has 0 saturated carbocycles. The third-order valence-corrected chi connectivity index (χ3v) is 2.70. The zero-order chi connectivity index (χ0) is 12.4. The van der Waals surface area contributed by atoms with Crippen LogP contribution in [0.1, 0.15) is 0 Å². The van der Waals surface area contributed by atoms with Crippen LogP contribution in [0.15, 0.2) is 53.2 Å². The number of rotatable bonds is 2. The maximum absolute atomic E-state index is 5.83. The van der Waals surface area contributed by atoms with Crippen molar-refractivity contribution in [3.8, 4) is 22.9 Å². The minimum atomic E-state index is 0.471. The molecule has 3 rings (SSSR count). The van der Waals surface area contributed by atoms with Gasteiger partial charge in [0.25, 0.3) is 0 Å². The lowest BCUT2D eigenvalue weighted by atomic mass is 10.2. The fourth-order valence-corrected chi connectivity index (χ4v) is 1.67. The van der Waals surface area contributed by atoms with E-state index < -0.39 is 0 Å². The van der Waals surface area contributed by atoms with Crippen LogP contribution in [0.3, 0.4) is 0 Å². The largest absolute Gasteiger partial charge is 0.416 e. The summed E-state index contributed by atoms with van der Waals surface area (Å²) < 4.78 is 5.60. The molecule has 0 saturated heterocycles. The predicted molar refractivity (Wildman–Crippen MR) is 68.0 cm³/mol. The van der Waals surface area contributed by atoms with Gasteiger partial charge in [0.2, 0.25) is 11.8 Å². The lowest BCUT2D eigenvalue weighted by Crippen LogP contribution is -1.77. The van der Waals surface area contributed by atoms with E-state index in [9.17, 15) is 0 Å². The molecule has 0 fully saturated rings. The first-order valence-electron chi connectivity index (χ1n) is 5.33. The Balaban J connectivity index is 1.97. The van der Waals surface area contributed by atoms with Gasteiger partial charge in [0.05, 0.1) is 0 Å². The summed E-state index contributed by atoms with van der Waals surface area (Å²) in [7, 11) is 0. The molecule has 0 bridgehead atoms. The molecule has 0 spiro atoms. The summed E-state index contributed by atoms with van der Waals surface area (Å²) >= 11 is 5.83. The van der Waals surface area contributed by atoms with E-state index in [-0.39, 0.29) is 0 Å². The van der Waals surface area contributed by atoms with E-state index in [2.05, 4.69) is 15.2 Å². The molecule has 4 nitrogen and oxygen atoms in total. The van der Waals surface area contributed by atoms with E-state index in [1.807, 2.05) is 24.3 Å². The van der Waals surface area contributed by atoms with Gasteiger partial charge < -0.3 is 4.42 Å². The van der Waals surface area contributed by atoms with Crippen molar-refractivity contribution in [3.63, 3.8) is 0 Å². The molecule has 1 aromatic carbocycles. The number of hydrogen-bond donors (Lipinski definition) is 0. The van der Waals surface area contributed by atoms with Crippen LogP contribution in [-0.4, -0.2) is 15.2 Å². The standard InChI is InChI=1S/C13H8ClN3O/c14-11-3-1-9(2-4-11)12-16-17-13(18-12)10-5-7-15-8-6-10/h1-8H. The van der Waals surface area contributed by atoms with Crippen molar-refractivity contribution in [2.75, 3.05) is 0 Å². The van der Waals surface area contributed by atoms with Gasteiger partial charge >= 0.3 is 0 Å². The highest BCUT2D eigenvalue weighted by Gasteiger charge is 2.09. The van der Waals surface area contributed by atoms with E-state index in [4.69, 9.17) is 16.0 Å². The summed E-state index contributed by atoms with van der Waals surface area (Å²) in [5.74, 6) is 0.945. The molecule has 0 aliphatic heterocycles. The van der Waals surface area contributed by atoms with Crippen LogP contribution < -0.4 is 0 Å². The minimum Gasteiger partial charge on any atom is -0.416 e. The van der Waals surface area contributed by atoms with Crippen LogP contribution in [0.25, 0.3) is 22.9 Å². The predicted octanol–water partition coefficient (Wildman–Crippen LogP) is 3.45. The summed E-state index contributed by atoms with van der Waals surface area (Å²) in [6, 6.07) is 10.9. The molecule has 3 aromatic rings. The van der Waals surface area contributed by atoms with Crippen molar-refractivity contribution < 1.29 is 4.42 Å². The summed E-state index contributed by atoms with van der Waals surface area (Å²) in [6.45, 7) is 0. The van der Waals surface area contributed by atoms with Crippen LogP contribution in [-0.2, 0) is 0 Å². The Bertz CT molecular complexity index is 650. The average Bonchev–Trinajstić information content (AvgIpc) is 2.90. The molecule has 0 radical (unpaired) electrons. The molecule has 18 heavy (non-hydrogen) atoms. The first kappa shape index (κ1) is 10.9. The Kier molecular flexibility index (Phi) is 2.78. The van der Waals surface area contributed by atoms with Gasteiger partial charge in [-0.15, -0.1) is 10.2 Å². The van der Waals surface area contributed by atoms with Gasteiger partial charge in [-0.3, -0.25) is 4.98 Å². The maximum atomic E-state index is 5.83. The second kappa shape index (κ2) is 4.58. The molecule has 88 valence electrons. The lowest BCUT2D eigenvalue weighted by Gasteiger charge is -1.94. The molecular formula is C13H8ClN3O. The number of halogens is 1. The molecule has 0 amide bonds. The number of aromatic nitrogens is 3. The highest BCUT2D eigenvalue weighted by Crippen LogP contribution is 2.24. The van der Waals surface area contributed by atoms with Crippen LogP contribution in [0.5, 0.6) is 0 Å². The van der Waals surface area contributed by atoms with E-state index >= 15 is 0 Å². The summed E-state index contributed by atoms with van der Waals surface area (Å²) in [4.78, 5) is 3.94. The normalized spacial score (nSPS) is 10.5. The van der Waals surface area contributed by atoms with Crippen LogP contribution >= 0.6 is 11.6 Å². The van der Waals surface area contributed by atoms with Crippen molar-refractivity contribution in [2.45, 2.75) is 0 Å². The summed E-state index contributed by atoms with van der Waals surface area (Å²) in [5.41, 5.74) is 1.69. The first-order chi connectivity index (χ1) is 8.83. The Morgan fingerprint density at radius 3 is 1.94 bits per heavy atom. The first-order valence-corrected chi connectivity index (χ1v) is 5.70. The minimum absolute atomic E-state index is 0.471. The molecular weight excluding hydrogens is 250 g/mol. The quantitative estimate of drug-likeness (QED) is 0.706. The highest BCUT2D eigenvalue weighted by molar-refractivity contribution is 6.30. The third-order valence-electron chi connectivity index (χ3n) is 2.44. The molecule has 0 N–H and O–H groups in total. The number of hydrogen-bond acceptors (Lipinski definition) is 4. The smallest absolute Gasteiger partial charge is 0.248 e. The third kappa shape index (κ3) is 2.10. The lowest BCUT2D eigenvalue weighted by molar-refractivity contribution is 0.584. The fourth-order valence-electron chi connectivity index (χ4n) is 1.54. The summed E-state index contributed by atoms with van der Waals surface area (Å²) in [6.07, 6.45) is 3.36. The van der Waals surface area contributed by atoms with E-state index in [1.165, 1.54) is 0 Å². The number of benzene rings is 1. The summed E-state index contributed by atoms with van der Waals surface area (Å²) in [5, 5.41) is 8.69. The van der Waals surface area contributed by atoms with Crippen molar-refractivity contribution in [3.05, 3.63) is 53.8 Å². The van der Waals surface area contributed by atoms with Crippen molar-refractivity contribution >= 4 is 11.6 Å². The van der Waals surface area contributed by atoms with Gasteiger partial charge in [0.1, 0.15) is 0 Å². The van der Waals surface area contributed by atoms with Gasteiger partial charge in [-0.25, -0.2) is 0 Å². The molecule has 5 heteroatoms. The fraction of sp³-hybridized carbons (Fsp3) is 0. The Morgan fingerprint density at radius 1 is 0.778 bits per heavy atom. The zero-order valence-electron chi connectivity index (χ0n) is 9.25. The van der Waals surface area contributed by atoms with Crippen molar-refractivity contribution in [1.29, 1.82) is 0 Å². The van der Waals surface area contributed by atoms with Gasteiger partial charge in [0.15, 0.2) is 0 Å². The van der Waals surface area contributed by atoms with E-state index in [1.54, 1.807) is 24.5 Å². The van der Waals surface area contributed by atoms with Gasteiger partial charge in [-0.1, -0.05) is 11.6 Å².